The zero-order valence-corrected chi connectivity index (χ0v) is 16.5. The third-order valence-electron chi connectivity index (χ3n) is 4.55. The van der Waals surface area contributed by atoms with Crippen molar-refractivity contribution < 1.29 is 9.53 Å². The van der Waals surface area contributed by atoms with Crippen LogP contribution in [-0.4, -0.2) is 38.2 Å². The van der Waals surface area contributed by atoms with Gasteiger partial charge in [-0.3, -0.25) is 4.79 Å². The Bertz CT molecular complexity index is 927. The number of benzene rings is 2. The molecule has 0 N–H and O–H groups in total. The predicted molar refractivity (Wildman–Crippen MR) is 109 cm³/mol. The summed E-state index contributed by atoms with van der Waals surface area (Å²) in [5, 5.41) is 8.51. The van der Waals surface area contributed by atoms with Crippen molar-refractivity contribution in [3.05, 3.63) is 77.6 Å². The lowest BCUT2D eigenvalue weighted by molar-refractivity contribution is -0.128. The molecule has 0 spiro atoms. The van der Waals surface area contributed by atoms with E-state index in [2.05, 4.69) is 10.3 Å². The first-order valence-electron chi connectivity index (χ1n) is 9.29. The van der Waals surface area contributed by atoms with Crippen molar-refractivity contribution in [1.82, 2.24) is 19.9 Å². The van der Waals surface area contributed by atoms with Crippen molar-refractivity contribution in [2.75, 3.05) is 12.4 Å². The monoisotopic (exact) mass is 394 g/mol. The second-order valence-electron chi connectivity index (χ2n) is 6.59. The largest absolute Gasteiger partial charge is 0.494 e. The molecule has 1 fully saturated rings. The maximum absolute atomic E-state index is 12.4. The average Bonchev–Trinajstić information content (AvgIpc) is 3.31. The van der Waals surface area contributed by atoms with Crippen LogP contribution >= 0.6 is 11.8 Å². The minimum absolute atomic E-state index is 0.0956. The van der Waals surface area contributed by atoms with Crippen molar-refractivity contribution in [1.29, 1.82) is 0 Å². The first-order valence-corrected chi connectivity index (χ1v) is 10.3. The highest BCUT2D eigenvalue weighted by atomic mass is 32.2. The molecule has 1 aliphatic rings. The molecule has 0 radical (unpaired) electrons. The van der Waals surface area contributed by atoms with Crippen molar-refractivity contribution >= 4 is 17.7 Å². The Kier molecular flexibility index (Phi) is 5.62. The van der Waals surface area contributed by atoms with Crippen LogP contribution in [0.2, 0.25) is 0 Å². The molecule has 6 nitrogen and oxygen atoms in total. The van der Waals surface area contributed by atoms with E-state index in [-0.39, 0.29) is 11.3 Å². The summed E-state index contributed by atoms with van der Waals surface area (Å²) in [5.41, 5.74) is 3.05. The first kappa shape index (κ1) is 18.6. The molecule has 2 heterocycles. The molecule has 1 aliphatic heterocycles. The summed E-state index contributed by atoms with van der Waals surface area (Å²) in [6.45, 7) is 3.84. The molecule has 28 heavy (non-hydrogen) atoms. The molecule has 1 saturated heterocycles. The van der Waals surface area contributed by atoms with E-state index in [1.54, 1.807) is 11.8 Å². The Hall–Kier alpha value is -2.80. The van der Waals surface area contributed by atoms with E-state index < -0.39 is 0 Å². The van der Waals surface area contributed by atoms with Crippen molar-refractivity contribution in [2.45, 2.75) is 25.4 Å². The third-order valence-corrected chi connectivity index (χ3v) is 5.78. The van der Waals surface area contributed by atoms with Crippen LogP contribution in [0.15, 0.2) is 60.8 Å². The van der Waals surface area contributed by atoms with Gasteiger partial charge in [-0.25, -0.2) is 4.68 Å². The van der Waals surface area contributed by atoms with E-state index >= 15 is 0 Å². The molecule has 1 amide bonds. The number of hydrogen-bond acceptors (Lipinski definition) is 5. The Morgan fingerprint density at radius 3 is 2.57 bits per heavy atom. The minimum Gasteiger partial charge on any atom is -0.494 e. The summed E-state index contributed by atoms with van der Waals surface area (Å²) in [5.74, 6) is 1.48. The minimum atomic E-state index is -0.0956. The van der Waals surface area contributed by atoms with Crippen molar-refractivity contribution in [3.8, 4) is 5.75 Å². The van der Waals surface area contributed by atoms with Gasteiger partial charge in [0.15, 0.2) is 0 Å². The molecule has 0 bridgehead atoms. The lowest BCUT2D eigenvalue weighted by Crippen LogP contribution is -2.27. The summed E-state index contributed by atoms with van der Waals surface area (Å²) in [6, 6.07) is 18.0. The van der Waals surface area contributed by atoms with Gasteiger partial charge in [-0.15, -0.1) is 16.9 Å². The van der Waals surface area contributed by atoms with Gasteiger partial charge in [0.05, 0.1) is 25.1 Å². The van der Waals surface area contributed by atoms with Crippen molar-refractivity contribution in [3.63, 3.8) is 0 Å². The number of amides is 1. The highest BCUT2D eigenvalue weighted by Crippen LogP contribution is 2.38. The topological polar surface area (TPSA) is 60.2 Å². The quantitative estimate of drug-likeness (QED) is 0.614. The molecular formula is C21H22N4O2S. The molecule has 7 heteroatoms. The molecule has 2 aromatic carbocycles. The lowest BCUT2D eigenvalue weighted by Gasteiger charge is -2.22. The highest BCUT2D eigenvalue weighted by Gasteiger charge is 2.34. The van der Waals surface area contributed by atoms with E-state index in [0.717, 1.165) is 22.6 Å². The van der Waals surface area contributed by atoms with Gasteiger partial charge in [0, 0.05) is 6.54 Å². The van der Waals surface area contributed by atoms with Crippen LogP contribution in [0.1, 0.15) is 29.1 Å². The summed E-state index contributed by atoms with van der Waals surface area (Å²) in [6.07, 6.45) is 1.94. The zero-order chi connectivity index (χ0) is 19.3. The van der Waals surface area contributed by atoms with Gasteiger partial charge in [0.25, 0.3) is 0 Å². The normalized spacial score (nSPS) is 16.5. The fourth-order valence-electron chi connectivity index (χ4n) is 3.20. The van der Waals surface area contributed by atoms with E-state index in [1.807, 2.05) is 77.3 Å². The fourth-order valence-corrected chi connectivity index (χ4v) is 4.32. The maximum Gasteiger partial charge on any atom is 0.234 e. The van der Waals surface area contributed by atoms with Crippen LogP contribution in [0.25, 0.3) is 0 Å². The molecule has 0 aliphatic carbocycles. The second-order valence-corrected chi connectivity index (χ2v) is 7.66. The highest BCUT2D eigenvalue weighted by molar-refractivity contribution is 8.00. The van der Waals surface area contributed by atoms with Gasteiger partial charge >= 0.3 is 0 Å². The number of hydrogen-bond donors (Lipinski definition) is 0. The molecular weight excluding hydrogens is 372 g/mol. The molecule has 1 atom stereocenters. The number of rotatable bonds is 7. The number of nitrogens with zero attached hydrogens (tertiary/aromatic N) is 4. The number of carbonyl (C=O) groups excluding carboxylic acids is 1. The van der Waals surface area contributed by atoms with Gasteiger partial charge in [-0.2, -0.15) is 0 Å². The molecule has 3 aromatic rings. The van der Waals surface area contributed by atoms with Crippen LogP contribution in [0.3, 0.4) is 0 Å². The van der Waals surface area contributed by atoms with Crippen LogP contribution in [0.5, 0.6) is 5.75 Å². The van der Waals surface area contributed by atoms with E-state index in [4.69, 9.17) is 4.74 Å². The molecule has 1 aromatic heterocycles. The average molecular weight is 395 g/mol. The van der Waals surface area contributed by atoms with Gasteiger partial charge in [0.1, 0.15) is 16.8 Å². The van der Waals surface area contributed by atoms with Crippen LogP contribution < -0.4 is 4.74 Å². The molecule has 0 unspecified atom stereocenters. The molecule has 144 valence electrons. The fraction of sp³-hybridized carbons (Fsp3) is 0.286. The Labute approximate surface area is 168 Å². The number of carbonyl (C=O) groups is 1. The number of ether oxygens (including phenoxy) is 1. The predicted octanol–water partition coefficient (Wildman–Crippen LogP) is 3.50. The number of aromatic nitrogens is 3. The van der Waals surface area contributed by atoms with Crippen LogP contribution in [-0.2, 0) is 17.9 Å². The number of thioether (sulfide) groups is 1. The summed E-state index contributed by atoms with van der Waals surface area (Å²) in [4.78, 5) is 14.3. The van der Waals surface area contributed by atoms with Crippen molar-refractivity contribution in [2.24, 2.45) is 0 Å². The Morgan fingerprint density at radius 1 is 1.07 bits per heavy atom. The van der Waals surface area contributed by atoms with E-state index in [9.17, 15) is 4.79 Å². The van der Waals surface area contributed by atoms with E-state index in [1.165, 1.54) is 0 Å². The standard InChI is InChI=1S/C21H22N4O2S/c1-2-27-18-10-8-17(9-11-18)12-24-14-19(22-23-24)21-25(20(26)15-28-21)13-16-6-4-3-5-7-16/h3-11,14,21H,2,12-13,15H2,1H3/t21-/m1/s1. The Balaban J connectivity index is 1.46. The summed E-state index contributed by atoms with van der Waals surface area (Å²) in [7, 11) is 0. The van der Waals surface area contributed by atoms with Crippen LogP contribution in [0.4, 0.5) is 0 Å². The maximum atomic E-state index is 12.4. The van der Waals surface area contributed by atoms with Gasteiger partial charge < -0.3 is 9.64 Å². The summed E-state index contributed by atoms with van der Waals surface area (Å²) < 4.78 is 7.29. The first-order chi connectivity index (χ1) is 13.7. The van der Waals surface area contributed by atoms with Crippen LogP contribution in [0, 0.1) is 0 Å². The molecule has 0 saturated carbocycles. The van der Waals surface area contributed by atoms with Gasteiger partial charge in [-0.05, 0) is 30.2 Å². The summed E-state index contributed by atoms with van der Waals surface area (Å²) >= 11 is 1.60. The Morgan fingerprint density at radius 2 is 1.82 bits per heavy atom. The SMILES string of the molecule is CCOc1ccc(Cn2cc([C@H]3SCC(=O)N3Cc3ccccc3)nn2)cc1. The zero-order valence-electron chi connectivity index (χ0n) is 15.7. The second kappa shape index (κ2) is 8.48. The van der Waals surface area contributed by atoms with Gasteiger partial charge in [-0.1, -0.05) is 47.7 Å². The molecule has 4 rings (SSSR count). The smallest absolute Gasteiger partial charge is 0.234 e. The third kappa shape index (κ3) is 4.20. The van der Waals surface area contributed by atoms with Gasteiger partial charge in [0.2, 0.25) is 5.91 Å². The van der Waals surface area contributed by atoms with E-state index in [0.29, 0.717) is 25.4 Å². The lowest BCUT2D eigenvalue weighted by atomic mass is 10.2.